The second-order valence-corrected chi connectivity index (χ2v) is 24.0. The zero-order valence-electron chi connectivity index (χ0n) is 27.7. The van der Waals surface area contributed by atoms with Crippen LogP contribution in [0.5, 0.6) is 23.0 Å². The van der Waals surface area contributed by atoms with E-state index >= 15 is 0 Å². The number of phenolic OH excluding ortho intramolecular Hbond substituents is 4. The van der Waals surface area contributed by atoms with Crippen LogP contribution in [-0.4, -0.2) is 20.4 Å². The van der Waals surface area contributed by atoms with Crippen molar-refractivity contribution in [3.05, 3.63) is 99.3 Å². The molecule has 2 fully saturated rings. The summed E-state index contributed by atoms with van der Waals surface area (Å²) < 4.78 is 7.01. The van der Waals surface area contributed by atoms with Crippen molar-refractivity contribution in [3.8, 4) is 23.0 Å². The van der Waals surface area contributed by atoms with Crippen LogP contribution in [0.25, 0.3) is 0 Å². The van der Waals surface area contributed by atoms with Gasteiger partial charge in [-0.05, 0) is 320 Å². The van der Waals surface area contributed by atoms with E-state index in [1.54, 1.807) is 0 Å². The van der Waals surface area contributed by atoms with Crippen LogP contribution in [-0.2, 0) is 10.8 Å². The third kappa shape index (κ3) is 8.16. The van der Waals surface area contributed by atoms with Crippen molar-refractivity contribution in [3.63, 3.8) is 0 Å². The molecule has 6 rings (SSSR count). The molecule has 4 N–H and O–H groups in total. The molecule has 2 aliphatic carbocycles. The molecule has 51 heavy (non-hydrogen) atoms. The predicted octanol–water partition coefficient (Wildman–Crippen LogP) is 14.0. The largest absolute Gasteiger partial charge is 0.506 e. The number of phenols is 4. The number of rotatable bonds is 6. The smallest absolute Gasteiger partial charge is 0.142 e. The summed E-state index contributed by atoms with van der Waals surface area (Å²) in [6, 6.07) is 17.4. The van der Waals surface area contributed by atoms with Gasteiger partial charge in [0.1, 0.15) is 23.0 Å². The van der Waals surface area contributed by atoms with Crippen LogP contribution in [0.15, 0.2) is 48.5 Å². The van der Waals surface area contributed by atoms with Crippen molar-refractivity contribution in [1.82, 2.24) is 0 Å². The number of hydrogen-bond donors (Lipinski definition) is 4. The van der Waals surface area contributed by atoms with Gasteiger partial charge in [0.15, 0.2) is 0 Å². The van der Waals surface area contributed by atoms with Gasteiger partial charge in [0.2, 0.25) is 0 Å². The molecule has 0 amide bonds. The average Bonchev–Trinajstić information content (AvgIpc) is 3.09. The van der Waals surface area contributed by atoms with Gasteiger partial charge in [-0.2, -0.15) is 0 Å². The second-order valence-electron chi connectivity index (χ2n) is 14.7. The summed E-state index contributed by atoms with van der Waals surface area (Å²) in [7, 11) is 0. The third-order valence-electron chi connectivity index (χ3n) is 12.1. The molecular weight excluding hydrogens is 1550 g/mol. The Morgan fingerprint density at radius 2 is 0.588 bits per heavy atom. The van der Waals surface area contributed by atoms with Gasteiger partial charge in [-0.1, -0.05) is 13.8 Å². The van der Waals surface area contributed by atoms with Crippen molar-refractivity contribution in [2.75, 3.05) is 0 Å². The fourth-order valence-corrected chi connectivity index (χ4v) is 16.0. The minimum Gasteiger partial charge on any atom is -0.506 e. The van der Waals surface area contributed by atoms with E-state index in [1.807, 2.05) is 0 Å². The summed E-state index contributed by atoms with van der Waals surface area (Å²) in [5.41, 5.74) is 4.75. The van der Waals surface area contributed by atoms with Gasteiger partial charge >= 0.3 is 0 Å². The molecule has 272 valence electrons. The number of halogens is 8. The number of benzene rings is 4. The Bertz CT molecular complexity index is 1640. The van der Waals surface area contributed by atoms with E-state index in [1.165, 1.54) is 22.3 Å². The van der Waals surface area contributed by atoms with Crippen molar-refractivity contribution in [1.29, 1.82) is 0 Å². The van der Waals surface area contributed by atoms with E-state index < -0.39 is 0 Å². The highest BCUT2D eigenvalue weighted by Gasteiger charge is 2.48. The molecule has 4 nitrogen and oxygen atoms in total. The lowest BCUT2D eigenvalue weighted by Gasteiger charge is -2.52. The molecule has 4 aromatic carbocycles. The van der Waals surface area contributed by atoms with Crippen LogP contribution < -0.4 is 0 Å². The SMILES string of the molecule is CC(C)(C1CCC(c2cc(I)c(O)c(I)c2)(c2cc(I)c(O)c(I)c2)CC1)C1CCC(c2cc(I)c(O)c(I)c2)(c2cc(I)c(O)c(I)c2)CC1. The fraction of sp³-hybridized carbons (Fsp3) is 0.385. The molecule has 0 unspecified atom stereocenters. The summed E-state index contributed by atoms with van der Waals surface area (Å²) in [6.07, 6.45) is 8.50. The Morgan fingerprint density at radius 3 is 0.765 bits per heavy atom. The Labute approximate surface area is 409 Å². The molecule has 0 aromatic heterocycles. The van der Waals surface area contributed by atoms with Gasteiger partial charge in [-0.3, -0.25) is 0 Å². The predicted molar refractivity (Wildman–Crippen MR) is 273 cm³/mol. The lowest BCUT2D eigenvalue weighted by molar-refractivity contribution is 0.0364. The highest BCUT2D eigenvalue weighted by molar-refractivity contribution is 14.1. The molecule has 12 heteroatoms. The lowest BCUT2D eigenvalue weighted by atomic mass is 9.53. The van der Waals surface area contributed by atoms with E-state index in [4.69, 9.17) is 0 Å². The zero-order valence-corrected chi connectivity index (χ0v) is 45.0. The summed E-state index contributed by atoms with van der Waals surface area (Å²) >= 11 is 18.1. The highest BCUT2D eigenvalue weighted by atomic mass is 127. The first-order valence-corrected chi connectivity index (χ1v) is 25.3. The minimum atomic E-state index is -0.199. The molecule has 0 heterocycles. The van der Waals surface area contributed by atoms with Gasteiger partial charge in [0.05, 0.1) is 28.6 Å². The minimum absolute atomic E-state index is 0.142. The van der Waals surface area contributed by atoms with Gasteiger partial charge in [-0.15, -0.1) is 0 Å². The van der Waals surface area contributed by atoms with Gasteiger partial charge < -0.3 is 20.4 Å². The molecule has 0 aliphatic heterocycles. The third-order valence-corrected chi connectivity index (χ3v) is 18.6. The van der Waals surface area contributed by atoms with Crippen molar-refractivity contribution < 1.29 is 20.4 Å². The maximum absolute atomic E-state index is 10.7. The van der Waals surface area contributed by atoms with Crippen LogP contribution in [0.4, 0.5) is 0 Å². The normalized spacial score (nSPS) is 18.2. The van der Waals surface area contributed by atoms with Crippen molar-refractivity contribution in [2.24, 2.45) is 17.3 Å². The first-order valence-electron chi connectivity index (χ1n) is 16.6. The van der Waals surface area contributed by atoms with Crippen molar-refractivity contribution in [2.45, 2.75) is 76.0 Å². The van der Waals surface area contributed by atoms with E-state index in [0.717, 1.165) is 79.9 Å². The van der Waals surface area contributed by atoms with Gasteiger partial charge in [0.25, 0.3) is 0 Å². The van der Waals surface area contributed by atoms with E-state index in [-0.39, 0.29) is 16.2 Å². The van der Waals surface area contributed by atoms with Crippen LogP contribution in [0.1, 0.15) is 87.5 Å². The molecule has 2 aliphatic rings. The monoisotopic (exact) mass is 1580 g/mol. The standard InChI is InChI=1S/C39H36I8O4/c1-37(2,19-3-7-38(8-4-19,21-11-25(40)33(48)26(41)12-21)22-13-27(42)34(49)28(43)14-22)20-5-9-39(10-6-20,23-15-29(44)35(50)30(45)16-23)24-17-31(46)36(51)32(47)18-24/h11-20,48-51H,3-10H2,1-2H3. The summed E-state index contributed by atoms with van der Waals surface area (Å²) in [6.45, 7) is 5.03. The molecule has 0 radical (unpaired) electrons. The first-order chi connectivity index (χ1) is 23.9. The lowest BCUT2D eigenvalue weighted by Crippen LogP contribution is -2.43. The maximum Gasteiger partial charge on any atom is 0.142 e. The molecule has 0 spiro atoms. The Morgan fingerprint density at radius 1 is 0.412 bits per heavy atom. The Balaban J connectivity index is 1.31. The molecule has 0 bridgehead atoms. The topological polar surface area (TPSA) is 80.9 Å². The van der Waals surface area contributed by atoms with Crippen LogP contribution in [0, 0.1) is 45.8 Å². The van der Waals surface area contributed by atoms with Gasteiger partial charge in [-0.25, -0.2) is 0 Å². The zero-order chi connectivity index (χ0) is 37.2. The Hall–Kier alpha value is 1.92. The molecule has 4 aromatic rings. The van der Waals surface area contributed by atoms with E-state index in [9.17, 15) is 20.4 Å². The van der Waals surface area contributed by atoms with Crippen molar-refractivity contribution >= 4 is 181 Å². The maximum atomic E-state index is 10.7. The molecule has 0 saturated heterocycles. The van der Waals surface area contributed by atoms with Crippen LogP contribution in [0.3, 0.4) is 0 Å². The van der Waals surface area contributed by atoms with Crippen LogP contribution in [0.2, 0.25) is 0 Å². The van der Waals surface area contributed by atoms with E-state index in [0.29, 0.717) is 34.8 Å². The summed E-state index contributed by atoms with van der Waals surface area (Å²) in [4.78, 5) is 0. The van der Waals surface area contributed by atoms with E-state index in [2.05, 4.69) is 243 Å². The fourth-order valence-electron chi connectivity index (χ4n) is 8.90. The van der Waals surface area contributed by atoms with Crippen LogP contribution >= 0.6 is 181 Å². The first kappa shape index (κ1) is 42.5. The Kier molecular flexibility index (Phi) is 13.9. The molecule has 0 atom stereocenters. The number of aromatic hydroxyl groups is 4. The quantitative estimate of drug-likeness (QED) is 0.145. The molecule has 2 saturated carbocycles. The summed E-state index contributed by atoms with van der Waals surface area (Å²) in [5, 5.41) is 42.8. The highest BCUT2D eigenvalue weighted by Crippen LogP contribution is 2.58. The molecular formula is C39H36I8O4. The average molecular weight is 1580 g/mol. The number of hydrogen-bond acceptors (Lipinski definition) is 4. The van der Waals surface area contributed by atoms with Gasteiger partial charge in [0, 0.05) is 10.8 Å². The summed E-state index contributed by atoms with van der Waals surface area (Å²) in [5.74, 6) is 2.53. The second kappa shape index (κ2) is 16.6.